The zero-order valence-corrected chi connectivity index (χ0v) is 16.0. The van der Waals surface area contributed by atoms with Gasteiger partial charge in [-0.2, -0.15) is 0 Å². The van der Waals surface area contributed by atoms with Crippen molar-refractivity contribution in [2.75, 3.05) is 31.1 Å². The fourth-order valence-corrected chi connectivity index (χ4v) is 4.28. The van der Waals surface area contributed by atoms with Crippen molar-refractivity contribution in [3.63, 3.8) is 0 Å². The van der Waals surface area contributed by atoms with Crippen LogP contribution in [0.3, 0.4) is 0 Å². The summed E-state index contributed by atoms with van der Waals surface area (Å²) in [4.78, 5) is 16.4. The van der Waals surface area contributed by atoms with Gasteiger partial charge in [-0.15, -0.1) is 0 Å². The number of benzene rings is 1. The molecule has 1 amide bonds. The molecule has 1 aromatic rings. The van der Waals surface area contributed by atoms with E-state index in [0.717, 1.165) is 44.0 Å². The van der Waals surface area contributed by atoms with Gasteiger partial charge < -0.3 is 15.1 Å². The quantitative estimate of drug-likeness (QED) is 0.804. The van der Waals surface area contributed by atoms with E-state index in [4.69, 9.17) is 11.6 Å². The van der Waals surface area contributed by atoms with E-state index >= 15 is 0 Å². The lowest BCUT2D eigenvalue weighted by Gasteiger charge is -2.36. The number of carbonyl (C=O) groups excluding carboxylic acids is 1. The van der Waals surface area contributed by atoms with Crippen LogP contribution in [0.5, 0.6) is 0 Å². The van der Waals surface area contributed by atoms with Crippen molar-refractivity contribution in [1.82, 2.24) is 5.32 Å². The van der Waals surface area contributed by atoms with Gasteiger partial charge in [-0.3, -0.25) is 4.79 Å². The van der Waals surface area contributed by atoms with Gasteiger partial charge in [0.25, 0.3) is 5.91 Å². The van der Waals surface area contributed by atoms with Gasteiger partial charge in [-0.05, 0) is 38.0 Å². The number of hydrogen-bond acceptors (Lipinski definition) is 2. The molecule has 0 spiro atoms. The molecule has 1 aromatic carbocycles. The van der Waals surface area contributed by atoms with Crippen LogP contribution in [-0.4, -0.2) is 44.2 Å². The van der Waals surface area contributed by atoms with Gasteiger partial charge in [0.15, 0.2) is 6.04 Å². The van der Waals surface area contributed by atoms with E-state index in [9.17, 15) is 4.79 Å². The van der Waals surface area contributed by atoms with Crippen LogP contribution in [0.15, 0.2) is 24.3 Å². The minimum atomic E-state index is 0.0322. The van der Waals surface area contributed by atoms with E-state index in [1.54, 1.807) is 0 Å². The van der Waals surface area contributed by atoms with Crippen LogP contribution in [0.2, 0.25) is 5.02 Å². The van der Waals surface area contributed by atoms with Crippen molar-refractivity contribution in [3.05, 3.63) is 29.3 Å². The van der Waals surface area contributed by atoms with Gasteiger partial charge in [0.05, 0.1) is 26.2 Å². The molecule has 3 rings (SSSR count). The van der Waals surface area contributed by atoms with Crippen molar-refractivity contribution in [2.24, 2.45) is 0 Å². The third-order valence-corrected chi connectivity index (χ3v) is 6.02. The van der Waals surface area contributed by atoms with E-state index in [0.29, 0.717) is 6.04 Å². The number of hydrogen-bond donors (Lipinski definition) is 2. The molecule has 0 unspecified atom stereocenters. The highest BCUT2D eigenvalue weighted by Crippen LogP contribution is 2.19. The number of piperazine rings is 1. The molecular formula is C20H31ClN3O+. The molecule has 0 radical (unpaired) electrons. The van der Waals surface area contributed by atoms with E-state index in [1.165, 1.54) is 36.3 Å². The normalized spacial score (nSPS) is 21.6. The molecule has 1 aliphatic heterocycles. The Hall–Kier alpha value is -1.26. The number of carbonyl (C=O) groups is 1. The van der Waals surface area contributed by atoms with Gasteiger partial charge in [0, 0.05) is 16.8 Å². The first-order valence-electron chi connectivity index (χ1n) is 9.79. The van der Waals surface area contributed by atoms with Gasteiger partial charge in [-0.25, -0.2) is 0 Å². The summed E-state index contributed by atoms with van der Waals surface area (Å²) < 4.78 is 0. The highest BCUT2D eigenvalue weighted by Gasteiger charge is 2.30. The van der Waals surface area contributed by atoms with Crippen molar-refractivity contribution < 1.29 is 9.69 Å². The molecule has 1 atom stereocenters. The Labute approximate surface area is 156 Å². The molecule has 2 N–H and O–H groups in total. The molecule has 5 heteroatoms. The molecule has 2 fully saturated rings. The summed E-state index contributed by atoms with van der Waals surface area (Å²) in [5, 5.41) is 4.10. The summed E-state index contributed by atoms with van der Waals surface area (Å²) in [6.07, 6.45) is 7.44. The highest BCUT2D eigenvalue weighted by atomic mass is 35.5. The number of nitrogens with zero attached hydrogens (tertiary/aromatic N) is 1. The zero-order valence-electron chi connectivity index (χ0n) is 15.3. The second kappa shape index (κ2) is 8.91. The summed E-state index contributed by atoms with van der Waals surface area (Å²) in [5.41, 5.74) is 1.18. The van der Waals surface area contributed by atoms with Crippen LogP contribution in [0, 0.1) is 0 Å². The van der Waals surface area contributed by atoms with Crippen LogP contribution in [-0.2, 0) is 4.79 Å². The van der Waals surface area contributed by atoms with Crippen molar-refractivity contribution in [3.8, 4) is 0 Å². The van der Waals surface area contributed by atoms with Crippen LogP contribution >= 0.6 is 11.6 Å². The van der Waals surface area contributed by atoms with Gasteiger partial charge in [-0.1, -0.05) is 43.4 Å². The predicted octanol–water partition coefficient (Wildman–Crippen LogP) is 2.27. The van der Waals surface area contributed by atoms with Gasteiger partial charge in [0.1, 0.15) is 0 Å². The summed E-state index contributed by atoms with van der Waals surface area (Å²) in [7, 11) is 0. The topological polar surface area (TPSA) is 36.8 Å². The monoisotopic (exact) mass is 364 g/mol. The maximum Gasteiger partial charge on any atom is 0.278 e. The molecule has 1 aliphatic carbocycles. The number of quaternary nitrogens is 1. The smallest absolute Gasteiger partial charge is 0.278 e. The zero-order chi connectivity index (χ0) is 17.6. The van der Waals surface area contributed by atoms with Crippen LogP contribution in [0.1, 0.15) is 45.4 Å². The Balaban J connectivity index is 1.48. The molecule has 0 bridgehead atoms. The van der Waals surface area contributed by atoms with E-state index in [1.807, 2.05) is 18.2 Å². The van der Waals surface area contributed by atoms with Crippen LogP contribution < -0.4 is 15.1 Å². The molecule has 138 valence electrons. The number of amides is 1. The Bertz CT molecular complexity index is 564. The average Bonchev–Trinajstić information content (AvgIpc) is 2.90. The maximum atomic E-state index is 12.7. The minimum absolute atomic E-state index is 0.0322. The molecule has 4 nitrogen and oxygen atoms in total. The highest BCUT2D eigenvalue weighted by molar-refractivity contribution is 6.30. The third kappa shape index (κ3) is 5.11. The Morgan fingerprint density at radius 3 is 2.52 bits per heavy atom. The van der Waals surface area contributed by atoms with Crippen LogP contribution in [0.25, 0.3) is 0 Å². The van der Waals surface area contributed by atoms with Crippen molar-refractivity contribution >= 4 is 23.2 Å². The summed E-state index contributed by atoms with van der Waals surface area (Å²) >= 11 is 6.10. The molecule has 1 saturated carbocycles. The molecule has 1 heterocycles. The van der Waals surface area contributed by atoms with Crippen molar-refractivity contribution in [1.29, 1.82) is 0 Å². The standard InChI is InChI=1S/C20H30ClN3O/c1-16(20(25)22-18-8-4-2-3-5-9-18)23-11-13-24(14-12-23)19-10-6-7-17(21)15-19/h6-7,10,15-16,18H,2-5,8-9,11-14H2,1H3,(H,22,25)/p+1/t16-/m1/s1. The number of anilines is 1. The fourth-order valence-electron chi connectivity index (χ4n) is 4.09. The summed E-state index contributed by atoms with van der Waals surface area (Å²) in [6.45, 7) is 6.00. The first-order valence-corrected chi connectivity index (χ1v) is 10.2. The Kier molecular flexibility index (Phi) is 6.60. The lowest BCUT2D eigenvalue weighted by atomic mass is 10.1. The summed E-state index contributed by atoms with van der Waals surface area (Å²) in [6, 6.07) is 8.47. The third-order valence-electron chi connectivity index (χ3n) is 5.79. The lowest BCUT2D eigenvalue weighted by Crippen LogP contribution is -3.19. The number of halogens is 1. The number of nitrogens with one attached hydrogen (secondary N) is 2. The van der Waals surface area contributed by atoms with E-state index in [2.05, 4.69) is 23.2 Å². The van der Waals surface area contributed by atoms with E-state index in [-0.39, 0.29) is 11.9 Å². The molecule has 0 aromatic heterocycles. The maximum absolute atomic E-state index is 12.7. The first-order chi connectivity index (χ1) is 12.1. The Morgan fingerprint density at radius 1 is 1.20 bits per heavy atom. The Morgan fingerprint density at radius 2 is 1.88 bits per heavy atom. The number of rotatable bonds is 4. The largest absolute Gasteiger partial charge is 0.360 e. The van der Waals surface area contributed by atoms with Gasteiger partial charge in [0.2, 0.25) is 0 Å². The minimum Gasteiger partial charge on any atom is -0.360 e. The molecule has 2 aliphatic rings. The second-order valence-corrected chi connectivity index (χ2v) is 7.98. The molecule has 25 heavy (non-hydrogen) atoms. The lowest BCUT2D eigenvalue weighted by molar-refractivity contribution is -0.914. The van der Waals surface area contributed by atoms with Crippen molar-refractivity contribution in [2.45, 2.75) is 57.5 Å². The summed E-state index contributed by atoms with van der Waals surface area (Å²) in [5.74, 6) is 0.234. The van der Waals surface area contributed by atoms with E-state index < -0.39 is 0 Å². The molecular weight excluding hydrogens is 334 g/mol. The van der Waals surface area contributed by atoms with Gasteiger partial charge >= 0.3 is 0 Å². The predicted molar refractivity (Wildman–Crippen MR) is 103 cm³/mol. The fraction of sp³-hybridized carbons (Fsp3) is 0.650. The molecule has 1 saturated heterocycles. The first kappa shape index (κ1) is 18.5. The second-order valence-electron chi connectivity index (χ2n) is 7.54. The SMILES string of the molecule is C[C@H](C(=O)NC1CCCCCC1)[NH+]1CCN(c2cccc(Cl)c2)CC1. The average molecular weight is 365 g/mol. The van der Waals surface area contributed by atoms with Crippen LogP contribution in [0.4, 0.5) is 5.69 Å².